The summed E-state index contributed by atoms with van der Waals surface area (Å²) in [6.45, 7) is 6.92. The summed E-state index contributed by atoms with van der Waals surface area (Å²) in [5.41, 5.74) is -3.60. The van der Waals surface area contributed by atoms with Crippen molar-refractivity contribution in [1.82, 2.24) is 0 Å². The van der Waals surface area contributed by atoms with Crippen LogP contribution in [0.1, 0.15) is 72.6 Å². The Morgan fingerprint density at radius 3 is 2.60 bits per heavy atom. The molecule has 5 aliphatic heterocycles. The first kappa shape index (κ1) is 27.8. The fourth-order valence-electron chi connectivity index (χ4n) is 8.77. The van der Waals surface area contributed by atoms with Crippen LogP contribution < -0.4 is 0 Å². The molecule has 2 spiro atoms. The Balaban J connectivity index is 1.41. The molecular formula is C30H38O10. The lowest BCUT2D eigenvalue weighted by molar-refractivity contribution is -0.244. The molecule has 10 heteroatoms. The van der Waals surface area contributed by atoms with Crippen molar-refractivity contribution in [3.8, 4) is 0 Å². The molecule has 0 radical (unpaired) electrons. The Bertz CT molecular complexity index is 1250. The van der Waals surface area contributed by atoms with Gasteiger partial charge in [0.15, 0.2) is 5.78 Å². The second kappa shape index (κ2) is 8.80. The van der Waals surface area contributed by atoms with Gasteiger partial charge in [-0.3, -0.25) is 14.4 Å². The molecule has 5 fully saturated rings. The van der Waals surface area contributed by atoms with E-state index in [2.05, 4.69) is 0 Å². The highest BCUT2D eigenvalue weighted by atomic mass is 16.7. The van der Waals surface area contributed by atoms with E-state index in [0.29, 0.717) is 30.6 Å². The Labute approximate surface area is 233 Å². The van der Waals surface area contributed by atoms with Crippen LogP contribution in [0.15, 0.2) is 23.5 Å². The van der Waals surface area contributed by atoms with Gasteiger partial charge in [-0.2, -0.15) is 0 Å². The van der Waals surface area contributed by atoms with Crippen molar-refractivity contribution in [3.63, 3.8) is 0 Å². The zero-order chi connectivity index (χ0) is 28.9. The van der Waals surface area contributed by atoms with Crippen LogP contribution in [0.25, 0.3) is 0 Å². The Morgan fingerprint density at radius 2 is 1.95 bits per heavy atom. The molecule has 0 unspecified atom stereocenters. The second-order valence-electron chi connectivity index (χ2n) is 13.2. The lowest BCUT2D eigenvalue weighted by Crippen LogP contribution is -2.53. The topological polar surface area (TPSA) is 135 Å². The molecule has 2 bridgehead atoms. The fraction of sp³-hybridized carbons (Fsp3) is 0.733. The number of aliphatic hydroxyl groups is 1. The second-order valence-corrected chi connectivity index (χ2v) is 13.2. The van der Waals surface area contributed by atoms with Crippen LogP contribution in [-0.4, -0.2) is 71.0 Å². The van der Waals surface area contributed by atoms with Gasteiger partial charge in [0.2, 0.25) is 5.79 Å². The number of cyclic esters (lactones) is 1. The standard InChI is InChI=1S/C30H38O10/c1-16(10-18-11-17(2)25(35)37-18)23(33)26(3)8-9-30(36-5)24(34)19-6-7-20-27(4,15-31)38-21-12-22(32)39-29(20,21)14-28(19,13-26)40-30/h10-11,16,19-21,31H,6-9,12-15H2,1-5H3/b18-10-/t16-,19+,20+,21-,26-,27+,28+,29-,30+/m1/s1. The summed E-state index contributed by atoms with van der Waals surface area (Å²) in [5, 5.41) is 10.3. The maximum absolute atomic E-state index is 14.2. The summed E-state index contributed by atoms with van der Waals surface area (Å²) in [7, 11) is 1.46. The normalized spacial score (nSPS) is 47.5. The minimum atomic E-state index is -1.49. The molecule has 1 saturated carbocycles. The van der Waals surface area contributed by atoms with E-state index in [1.807, 2.05) is 13.8 Å². The van der Waals surface area contributed by atoms with Crippen LogP contribution in [0.5, 0.6) is 0 Å². The van der Waals surface area contributed by atoms with Gasteiger partial charge in [-0.25, -0.2) is 4.79 Å². The molecule has 40 heavy (non-hydrogen) atoms. The van der Waals surface area contributed by atoms with Crippen molar-refractivity contribution in [2.24, 2.45) is 23.2 Å². The zero-order valence-electron chi connectivity index (χ0n) is 23.7. The summed E-state index contributed by atoms with van der Waals surface area (Å²) in [4.78, 5) is 52.7. The monoisotopic (exact) mass is 558 g/mol. The highest BCUT2D eigenvalue weighted by molar-refractivity contribution is 5.94. The summed E-state index contributed by atoms with van der Waals surface area (Å²) < 4.78 is 30.3. The van der Waals surface area contributed by atoms with Gasteiger partial charge in [0, 0.05) is 42.8 Å². The molecule has 218 valence electrons. The van der Waals surface area contributed by atoms with Crippen molar-refractivity contribution in [2.45, 2.75) is 101 Å². The van der Waals surface area contributed by atoms with Crippen molar-refractivity contribution < 1.29 is 48.0 Å². The first-order valence-corrected chi connectivity index (χ1v) is 14.2. The number of methoxy groups -OCH3 is 1. The van der Waals surface area contributed by atoms with Gasteiger partial charge in [0.1, 0.15) is 23.2 Å². The average Bonchev–Trinajstić information content (AvgIpc) is 3.44. The number of aliphatic hydroxyl groups excluding tert-OH is 1. The van der Waals surface area contributed by atoms with Gasteiger partial charge in [0.25, 0.3) is 0 Å². The highest BCUT2D eigenvalue weighted by Gasteiger charge is 2.76. The van der Waals surface area contributed by atoms with E-state index in [4.69, 9.17) is 23.7 Å². The summed E-state index contributed by atoms with van der Waals surface area (Å²) in [6, 6.07) is 0. The van der Waals surface area contributed by atoms with E-state index >= 15 is 0 Å². The Morgan fingerprint density at radius 1 is 1.20 bits per heavy atom. The number of carbonyl (C=O) groups excluding carboxylic acids is 4. The van der Waals surface area contributed by atoms with E-state index in [1.165, 1.54) is 7.11 Å². The van der Waals surface area contributed by atoms with Crippen molar-refractivity contribution in [1.29, 1.82) is 0 Å². The summed E-state index contributed by atoms with van der Waals surface area (Å²) >= 11 is 0. The van der Waals surface area contributed by atoms with E-state index in [0.717, 1.165) is 0 Å². The number of ketones is 2. The van der Waals surface area contributed by atoms with Crippen LogP contribution in [-0.2, 0) is 42.9 Å². The number of rotatable bonds is 5. The highest BCUT2D eigenvalue weighted by Crippen LogP contribution is 2.65. The van der Waals surface area contributed by atoms with Crippen molar-refractivity contribution in [3.05, 3.63) is 23.5 Å². The number of fused-ring (bicyclic) bond motifs is 1. The minimum absolute atomic E-state index is 0.0573. The molecular weight excluding hydrogens is 520 g/mol. The zero-order valence-corrected chi connectivity index (χ0v) is 23.7. The maximum Gasteiger partial charge on any atom is 0.339 e. The lowest BCUT2D eigenvalue weighted by Gasteiger charge is -2.43. The van der Waals surface area contributed by atoms with Crippen molar-refractivity contribution in [2.75, 3.05) is 13.7 Å². The number of hydrogen-bond donors (Lipinski definition) is 1. The van der Waals surface area contributed by atoms with Crippen LogP contribution in [0.3, 0.4) is 0 Å². The number of carbonyl (C=O) groups is 4. The SMILES string of the molecule is CO[C@]12CC[C@@](C)(C(=O)[C@H](C)/C=C3/C=C(C)C(=O)O3)C[C@@]3(C[C@]45OC(=O)C[C@H]4O[C@@](C)(CO)[C@@H]5CC[C@H]3C1=O)O2. The predicted molar refractivity (Wildman–Crippen MR) is 137 cm³/mol. The maximum atomic E-state index is 14.2. The van der Waals surface area contributed by atoms with Gasteiger partial charge in [-0.05, 0) is 51.7 Å². The first-order chi connectivity index (χ1) is 18.8. The lowest BCUT2D eigenvalue weighted by atomic mass is 9.62. The smallest absolute Gasteiger partial charge is 0.339 e. The van der Waals surface area contributed by atoms with Crippen LogP contribution in [0, 0.1) is 23.2 Å². The number of Topliss-reactive ketones (excluding diaryl/α,β-unsaturated/α-hetero) is 2. The number of allylic oxidation sites excluding steroid dienone is 2. The molecule has 0 aromatic rings. The van der Waals surface area contributed by atoms with Gasteiger partial charge in [-0.15, -0.1) is 0 Å². The third-order valence-corrected chi connectivity index (χ3v) is 10.6. The summed E-state index contributed by atoms with van der Waals surface area (Å²) in [6.07, 6.45) is 4.65. The number of ether oxygens (including phenoxy) is 5. The fourth-order valence-corrected chi connectivity index (χ4v) is 8.77. The molecule has 1 N–H and O–H groups in total. The van der Waals surface area contributed by atoms with Crippen LogP contribution >= 0.6 is 0 Å². The molecule has 5 heterocycles. The number of hydrogen-bond acceptors (Lipinski definition) is 10. The quantitative estimate of drug-likeness (QED) is 0.502. The van der Waals surface area contributed by atoms with Gasteiger partial charge in [0.05, 0.1) is 30.1 Å². The molecule has 0 aromatic carbocycles. The largest absolute Gasteiger partial charge is 0.456 e. The molecule has 9 atom stereocenters. The molecule has 1 aliphatic carbocycles. The molecule has 6 rings (SSSR count). The van der Waals surface area contributed by atoms with E-state index in [9.17, 15) is 24.3 Å². The minimum Gasteiger partial charge on any atom is -0.456 e. The third kappa shape index (κ3) is 3.68. The molecule has 0 aromatic heterocycles. The van der Waals surface area contributed by atoms with Crippen LogP contribution in [0.2, 0.25) is 0 Å². The molecule has 6 aliphatic rings. The van der Waals surface area contributed by atoms with Gasteiger partial charge >= 0.3 is 11.9 Å². The Kier molecular flexibility index (Phi) is 6.11. The molecule has 10 nitrogen and oxygen atoms in total. The van der Waals surface area contributed by atoms with E-state index < -0.39 is 51.9 Å². The molecule has 4 saturated heterocycles. The third-order valence-electron chi connectivity index (χ3n) is 10.6. The first-order valence-electron chi connectivity index (χ1n) is 14.2. The van der Waals surface area contributed by atoms with Gasteiger partial charge in [-0.1, -0.05) is 13.8 Å². The van der Waals surface area contributed by atoms with E-state index in [-0.39, 0.29) is 55.7 Å². The predicted octanol–water partition coefficient (Wildman–Crippen LogP) is 2.70. The van der Waals surface area contributed by atoms with E-state index in [1.54, 1.807) is 26.0 Å². The molecule has 0 amide bonds. The van der Waals surface area contributed by atoms with Crippen molar-refractivity contribution >= 4 is 23.5 Å². The Hall–Kier alpha value is -2.40. The van der Waals surface area contributed by atoms with Gasteiger partial charge < -0.3 is 28.8 Å². The average molecular weight is 559 g/mol. The van der Waals surface area contributed by atoms with Crippen LogP contribution in [0.4, 0.5) is 0 Å². The summed E-state index contributed by atoms with van der Waals surface area (Å²) in [5.74, 6) is -3.63. The number of esters is 2.